The van der Waals surface area contributed by atoms with E-state index in [0.717, 1.165) is 31.4 Å². The van der Waals surface area contributed by atoms with Gasteiger partial charge in [-0.1, -0.05) is 19.1 Å². The lowest BCUT2D eigenvalue weighted by Crippen LogP contribution is -2.33. The molecule has 1 N–H and O–H groups in total. The largest absolute Gasteiger partial charge is 0.382 e. The summed E-state index contributed by atoms with van der Waals surface area (Å²) in [5.41, 5.74) is 0.987. The maximum atomic E-state index is 13.6. The van der Waals surface area contributed by atoms with Gasteiger partial charge in [0, 0.05) is 19.8 Å². The summed E-state index contributed by atoms with van der Waals surface area (Å²) >= 11 is 3.33. The second-order valence-corrected chi connectivity index (χ2v) is 5.75. The lowest BCUT2D eigenvalue weighted by molar-refractivity contribution is 0.0658. The first-order valence-corrected chi connectivity index (χ1v) is 8.21. The van der Waals surface area contributed by atoms with Crippen LogP contribution in [-0.2, 0) is 15.9 Å². The van der Waals surface area contributed by atoms with Crippen molar-refractivity contribution in [2.75, 3.05) is 33.5 Å². The topological polar surface area (TPSA) is 30.5 Å². The number of benzene rings is 1. The van der Waals surface area contributed by atoms with Gasteiger partial charge in [0.25, 0.3) is 0 Å². The molecule has 0 aliphatic rings. The summed E-state index contributed by atoms with van der Waals surface area (Å²) in [4.78, 5) is 0. The van der Waals surface area contributed by atoms with Crippen LogP contribution in [-0.4, -0.2) is 39.5 Å². The van der Waals surface area contributed by atoms with E-state index in [2.05, 4.69) is 28.2 Å². The molecule has 1 atom stereocenters. The highest BCUT2D eigenvalue weighted by molar-refractivity contribution is 9.10. The number of ether oxygens (including phenoxy) is 2. The number of hydrogen-bond acceptors (Lipinski definition) is 3. The Balaban J connectivity index is 2.50. The summed E-state index contributed by atoms with van der Waals surface area (Å²) in [7, 11) is 1.66. The Morgan fingerprint density at radius 2 is 2.10 bits per heavy atom. The molecule has 0 spiro atoms. The van der Waals surface area contributed by atoms with Crippen molar-refractivity contribution >= 4 is 15.9 Å². The van der Waals surface area contributed by atoms with E-state index in [1.54, 1.807) is 13.2 Å². The quantitative estimate of drug-likeness (QED) is 0.611. The Kier molecular flexibility index (Phi) is 9.83. The molecular weight excluding hydrogens is 337 g/mol. The SMILES string of the molecule is CCCNC(CCOCCOC)Cc1cccc(F)c1Br. The molecule has 120 valence electrons. The number of nitrogens with one attached hydrogen (secondary N) is 1. The Hall–Kier alpha value is -0.490. The molecule has 0 aliphatic heterocycles. The zero-order chi connectivity index (χ0) is 15.5. The predicted octanol–water partition coefficient (Wildman–Crippen LogP) is 3.55. The maximum Gasteiger partial charge on any atom is 0.137 e. The molecule has 5 heteroatoms. The summed E-state index contributed by atoms with van der Waals surface area (Å²) in [6, 6.07) is 5.46. The second-order valence-electron chi connectivity index (χ2n) is 4.96. The molecule has 0 saturated carbocycles. The highest BCUT2D eigenvalue weighted by atomic mass is 79.9. The third-order valence-corrected chi connectivity index (χ3v) is 4.11. The number of hydrogen-bond donors (Lipinski definition) is 1. The summed E-state index contributed by atoms with van der Waals surface area (Å²) in [6.07, 6.45) is 2.75. The fraction of sp³-hybridized carbons (Fsp3) is 0.625. The molecule has 21 heavy (non-hydrogen) atoms. The van der Waals surface area contributed by atoms with Gasteiger partial charge in [-0.2, -0.15) is 0 Å². The molecule has 1 rings (SSSR count). The molecule has 0 fully saturated rings. The Bertz CT molecular complexity index is 404. The highest BCUT2D eigenvalue weighted by Gasteiger charge is 2.12. The highest BCUT2D eigenvalue weighted by Crippen LogP contribution is 2.22. The number of methoxy groups -OCH3 is 1. The van der Waals surface area contributed by atoms with Crippen LogP contribution >= 0.6 is 15.9 Å². The van der Waals surface area contributed by atoms with Crippen molar-refractivity contribution in [2.45, 2.75) is 32.2 Å². The van der Waals surface area contributed by atoms with Crippen molar-refractivity contribution in [1.29, 1.82) is 0 Å². The van der Waals surface area contributed by atoms with Crippen molar-refractivity contribution in [3.8, 4) is 0 Å². The van der Waals surface area contributed by atoms with Crippen LogP contribution in [0.25, 0.3) is 0 Å². The zero-order valence-corrected chi connectivity index (χ0v) is 14.4. The molecule has 0 heterocycles. The Labute approximate surface area is 135 Å². The molecule has 0 radical (unpaired) electrons. The van der Waals surface area contributed by atoms with Gasteiger partial charge in [0.1, 0.15) is 5.82 Å². The number of rotatable bonds is 11. The summed E-state index contributed by atoms with van der Waals surface area (Å²) < 4.78 is 24.6. The maximum absolute atomic E-state index is 13.6. The van der Waals surface area contributed by atoms with E-state index in [1.807, 2.05) is 6.07 Å². The van der Waals surface area contributed by atoms with Gasteiger partial charge >= 0.3 is 0 Å². The van der Waals surface area contributed by atoms with Gasteiger partial charge in [-0.3, -0.25) is 0 Å². The molecule has 3 nitrogen and oxygen atoms in total. The van der Waals surface area contributed by atoms with Crippen molar-refractivity contribution in [3.63, 3.8) is 0 Å². The average Bonchev–Trinajstić information content (AvgIpc) is 2.48. The van der Waals surface area contributed by atoms with E-state index in [0.29, 0.717) is 24.3 Å². The average molecular weight is 362 g/mol. The summed E-state index contributed by atoms with van der Waals surface area (Å²) in [6.45, 7) is 4.99. The van der Waals surface area contributed by atoms with Crippen LogP contribution in [0, 0.1) is 5.82 Å². The van der Waals surface area contributed by atoms with Gasteiger partial charge in [0.05, 0.1) is 17.7 Å². The molecule has 1 aromatic carbocycles. The minimum Gasteiger partial charge on any atom is -0.382 e. The van der Waals surface area contributed by atoms with Crippen molar-refractivity contribution in [3.05, 3.63) is 34.1 Å². The van der Waals surface area contributed by atoms with Crippen molar-refractivity contribution in [1.82, 2.24) is 5.32 Å². The fourth-order valence-corrected chi connectivity index (χ4v) is 2.49. The van der Waals surface area contributed by atoms with Crippen molar-refractivity contribution < 1.29 is 13.9 Å². The van der Waals surface area contributed by atoms with E-state index in [4.69, 9.17) is 9.47 Å². The Morgan fingerprint density at radius 3 is 2.81 bits per heavy atom. The second kappa shape index (κ2) is 11.1. The summed E-state index contributed by atoms with van der Waals surface area (Å²) in [5, 5.41) is 3.50. The van der Waals surface area contributed by atoms with Gasteiger partial charge < -0.3 is 14.8 Å². The van der Waals surface area contributed by atoms with Crippen LogP contribution < -0.4 is 5.32 Å². The van der Waals surface area contributed by atoms with E-state index < -0.39 is 0 Å². The van der Waals surface area contributed by atoms with Crippen LogP contribution in [0.1, 0.15) is 25.3 Å². The Morgan fingerprint density at radius 1 is 1.29 bits per heavy atom. The van der Waals surface area contributed by atoms with Crippen LogP contribution in [0.4, 0.5) is 4.39 Å². The first-order valence-electron chi connectivity index (χ1n) is 7.42. The zero-order valence-electron chi connectivity index (χ0n) is 12.8. The lowest BCUT2D eigenvalue weighted by Gasteiger charge is -2.19. The van der Waals surface area contributed by atoms with Gasteiger partial charge in [-0.15, -0.1) is 0 Å². The monoisotopic (exact) mass is 361 g/mol. The minimum atomic E-state index is -0.210. The first kappa shape index (κ1) is 18.6. The van der Waals surface area contributed by atoms with E-state index >= 15 is 0 Å². The standard InChI is InChI=1S/C16H25BrFNO2/c1-3-8-19-14(7-9-21-11-10-20-2)12-13-5-4-6-15(18)16(13)17/h4-6,14,19H,3,7-12H2,1-2H3. The molecule has 1 unspecified atom stereocenters. The van der Waals surface area contributed by atoms with E-state index in [1.165, 1.54) is 6.07 Å². The minimum absolute atomic E-state index is 0.210. The van der Waals surface area contributed by atoms with Crippen LogP contribution in [0.15, 0.2) is 22.7 Å². The van der Waals surface area contributed by atoms with E-state index in [-0.39, 0.29) is 11.9 Å². The fourth-order valence-electron chi connectivity index (χ4n) is 2.07. The van der Waals surface area contributed by atoms with Gasteiger partial charge in [0.2, 0.25) is 0 Å². The molecule has 0 bridgehead atoms. The third kappa shape index (κ3) is 7.36. The normalized spacial score (nSPS) is 12.6. The van der Waals surface area contributed by atoms with Gasteiger partial charge in [0.15, 0.2) is 0 Å². The predicted molar refractivity (Wildman–Crippen MR) is 87.2 cm³/mol. The molecule has 0 aromatic heterocycles. The lowest BCUT2D eigenvalue weighted by atomic mass is 10.0. The molecule has 1 aromatic rings. The molecule has 0 amide bonds. The van der Waals surface area contributed by atoms with Crippen LogP contribution in [0.5, 0.6) is 0 Å². The van der Waals surface area contributed by atoms with E-state index in [9.17, 15) is 4.39 Å². The smallest absolute Gasteiger partial charge is 0.137 e. The third-order valence-electron chi connectivity index (χ3n) is 3.22. The molecular formula is C16H25BrFNO2. The summed E-state index contributed by atoms with van der Waals surface area (Å²) in [5.74, 6) is -0.210. The van der Waals surface area contributed by atoms with Crippen LogP contribution in [0.2, 0.25) is 0 Å². The first-order chi connectivity index (χ1) is 10.2. The number of halogens is 2. The van der Waals surface area contributed by atoms with Crippen molar-refractivity contribution in [2.24, 2.45) is 0 Å². The van der Waals surface area contributed by atoms with Crippen LogP contribution in [0.3, 0.4) is 0 Å². The molecule has 0 aliphatic carbocycles. The molecule has 0 saturated heterocycles. The van der Waals surface area contributed by atoms with Gasteiger partial charge in [-0.25, -0.2) is 4.39 Å². The van der Waals surface area contributed by atoms with Gasteiger partial charge in [-0.05, 0) is 53.4 Å².